The zero-order chi connectivity index (χ0) is 14.0. The van der Waals surface area contributed by atoms with Crippen LogP contribution in [0.4, 0.5) is 4.39 Å². The predicted molar refractivity (Wildman–Crippen MR) is 81.5 cm³/mol. The molecule has 0 aliphatic rings. The average molecular weight is 361 g/mol. The number of benzene rings is 2. The first-order valence-electron chi connectivity index (χ1n) is 5.20. The molecule has 2 aromatic carbocycles. The van der Waals surface area contributed by atoms with E-state index in [2.05, 4.69) is 15.9 Å². The van der Waals surface area contributed by atoms with E-state index in [0.717, 1.165) is 4.47 Å². The van der Waals surface area contributed by atoms with Gasteiger partial charge in [0, 0.05) is 4.47 Å². The number of nitrogens with two attached hydrogens (primary N) is 1. The molecule has 2 aromatic rings. The number of thiocarbonyl (C=S) groups is 1. The van der Waals surface area contributed by atoms with Gasteiger partial charge >= 0.3 is 0 Å². The Kier molecular flexibility index (Phi) is 4.39. The van der Waals surface area contributed by atoms with E-state index < -0.39 is 5.82 Å². The van der Waals surface area contributed by atoms with E-state index in [-0.39, 0.29) is 10.0 Å². The molecule has 0 saturated carbocycles. The zero-order valence-electron chi connectivity index (χ0n) is 9.49. The maximum Gasteiger partial charge on any atom is 0.146 e. The van der Waals surface area contributed by atoms with Crippen LogP contribution in [0.2, 0.25) is 5.02 Å². The highest BCUT2D eigenvalue weighted by molar-refractivity contribution is 9.10. The van der Waals surface area contributed by atoms with Crippen molar-refractivity contribution in [3.8, 4) is 11.5 Å². The van der Waals surface area contributed by atoms with Crippen molar-refractivity contribution in [1.82, 2.24) is 0 Å². The molecule has 19 heavy (non-hydrogen) atoms. The van der Waals surface area contributed by atoms with E-state index >= 15 is 0 Å². The molecule has 2 N–H and O–H groups in total. The lowest BCUT2D eigenvalue weighted by Crippen LogP contribution is -2.11. The average Bonchev–Trinajstić information content (AvgIpc) is 2.32. The summed E-state index contributed by atoms with van der Waals surface area (Å²) in [6.45, 7) is 0. The molecule has 6 heteroatoms. The summed E-state index contributed by atoms with van der Waals surface area (Å²) >= 11 is 14.2. The van der Waals surface area contributed by atoms with Crippen LogP contribution in [0.3, 0.4) is 0 Å². The van der Waals surface area contributed by atoms with Crippen LogP contribution in [0, 0.1) is 5.82 Å². The third-order valence-electron chi connectivity index (χ3n) is 2.34. The van der Waals surface area contributed by atoms with Crippen LogP contribution in [-0.4, -0.2) is 4.99 Å². The van der Waals surface area contributed by atoms with Crippen molar-refractivity contribution in [1.29, 1.82) is 0 Å². The first kappa shape index (κ1) is 14.2. The van der Waals surface area contributed by atoms with Crippen LogP contribution in [0.25, 0.3) is 0 Å². The van der Waals surface area contributed by atoms with Crippen LogP contribution >= 0.6 is 39.7 Å². The first-order chi connectivity index (χ1) is 8.99. The second-order valence-electron chi connectivity index (χ2n) is 3.65. The van der Waals surface area contributed by atoms with Crippen molar-refractivity contribution in [2.24, 2.45) is 5.73 Å². The third kappa shape index (κ3) is 3.23. The van der Waals surface area contributed by atoms with E-state index in [4.69, 9.17) is 34.3 Å². The molecule has 0 amide bonds. The Balaban J connectivity index is 2.44. The first-order valence-corrected chi connectivity index (χ1v) is 6.78. The normalized spacial score (nSPS) is 10.3. The maximum absolute atomic E-state index is 13.0. The van der Waals surface area contributed by atoms with Gasteiger partial charge in [-0.2, -0.15) is 0 Å². The second-order valence-corrected chi connectivity index (χ2v) is 5.36. The Bertz CT molecular complexity index is 651. The Morgan fingerprint density at radius 2 is 2.00 bits per heavy atom. The van der Waals surface area contributed by atoms with E-state index in [1.54, 1.807) is 18.2 Å². The molecule has 0 fully saturated rings. The van der Waals surface area contributed by atoms with Gasteiger partial charge in [0.2, 0.25) is 0 Å². The molecule has 98 valence electrons. The molecule has 2 rings (SSSR count). The van der Waals surface area contributed by atoms with E-state index in [9.17, 15) is 4.39 Å². The highest BCUT2D eigenvalue weighted by Crippen LogP contribution is 2.34. The molecule has 0 aliphatic heterocycles. The van der Waals surface area contributed by atoms with Gasteiger partial charge in [0.05, 0.1) is 10.6 Å². The van der Waals surface area contributed by atoms with Gasteiger partial charge in [-0.25, -0.2) is 4.39 Å². The number of ether oxygens (including phenoxy) is 1. The summed E-state index contributed by atoms with van der Waals surface area (Å²) in [5, 5.41) is 0.175. The fourth-order valence-electron chi connectivity index (χ4n) is 1.50. The molecule has 0 radical (unpaired) electrons. The maximum atomic E-state index is 13.0. The van der Waals surface area contributed by atoms with Gasteiger partial charge < -0.3 is 10.5 Å². The van der Waals surface area contributed by atoms with Gasteiger partial charge in [0.15, 0.2) is 0 Å². The van der Waals surface area contributed by atoms with Crippen molar-refractivity contribution >= 4 is 44.7 Å². The van der Waals surface area contributed by atoms with Gasteiger partial charge in [-0.05, 0) is 46.3 Å². The van der Waals surface area contributed by atoms with Crippen LogP contribution in [0.1, 0.15) is 5.56 Å². The van der Waals surface area contributed by atoms with Crippen molar-refractivity contribution < 1.29 is 9.13 Å². The van der Waals surface area contributed by atoms with E-state index in [0.29, 0.717) is 17.1 Å². The van der Waals surface area contributed by atoms with Crippen LogP contribution in [-0.2, 0) is 0 Å². The van der Waals surface area contributed by atoms with E-state index in [1.807, 2.05) is 0 Å². The summed E-state index contributed by atoms with van der Waals surface area (Å²) in [5.41, 5.74) is 6.23. The molecule has 0 bridgehead atoms. The monoisotopic (exact) mass is 359 g/mol. The fraction of sp³-hybridized carbons (Fsp3) is 0. The smallest absolute Gasteiger partial charge is 0.146 e. The highest BCUT2D eigenvalue weighted by atomic mass is 79.9. The van der Waals surface area contributed by atoms with Crippen LogP contribution in [0.5, 0.6) is 11.5 Å². The summed E-state index contributed by atoms with van der Waals surface area (Å²) < 4.78 is 19.3. The molecular weight excluding hydrogens is 353 g/mol. The molecule has 0 atom stereocenters. The number of halogens is 3. The summed E-state index contributed by atoms with van der Waals surface area (Å²) in [6, 6.07) is 9.17. The lowest BCUT2D eigenvalue weighted by Gasteiger charge is -2.12. The van der Waals surface area contributed by atoms with Crippen molar-refractivity contribution in [2.75, 3.05) is 0 Å². The molecule has 0 saturated heterocycles. The van der Waals surface area contributed by atoms with Crippen molar-refractivity contribution in [2.45, 2.75) is 0 Å². The van der Waals surface area contributed by atoms with Crippen molar-refractivity contribution in [3.63, 3.8) is 0 Å². The minimum absolute atomic E-state index is 0.175. The van der Waals surface area contributed by atoms with E-state index in [1.165, 1.54) is 18.2 Å². The Hall–Kier alpha value is -1.17. The second kappa shape index (κ2) is 5.86. The molecule has 0 aromatic heterocycles. The number of hydrogen-bond donors (Lipinski definition) is 1. The van der Waals surface area contributed by atoms with Gasteiger partial charge in [0.1, 0.15) is 22.3 Å². The van der Waals surface area contributed by atoms with Gasteiger partial charge in [-0.3, -0.25) is 0 Å². The Morgan fingerprint density at radius 1 is 1.26 bits per heavy atom. The minimum Gasteiger partial charge on any atom is -0.455 e. The van der Waals surface area contributed by atoms with Crippen LogP contribution in [0.15, 0.2) is 40.9 Å². The van der Waals surface area contributed by atoms with Gasteiger partial charge in [0.25, 0.3) is 0 Å². The SMILES string of the molecule is NC(=S)c1c(Br)cccc1Oc1ccc(F)cc1Cl. The minimum atomic E-state index is -0.429. The molecule has 0 heterocycles. The summed E-state index contributed by atoms with van der Waals surface area (Å²) in [4.78, 5) is 0.195. The standard InChI is InChI=1S/C13H8BrClFNOS/c14-8-2-1-3-11(12(8)13(17)19)18-10-5-4-7(16)6-9(10)15/h1-6H,(H2,17,19). The lowest BCUT2D eigenvalue weighted by atomic mass is 10.2. The topological polar surface area (TPSA) is 35.2 Å². The number of rotatable bonds is 3. The van der Waals surface area contributed by atoms with Gasteiger partial charge in [-0.15, -0.1) is 0 Å². The van der Waals surface area contributed by atoms with Gasteiger partial charge in [-0.1, -0.05) is 29.9 Å². The Labute approximate surface area is 128 Å². The highest BCUT2D eigenvalue weighted by Gasteiger charge is 2.13. The molecule has 0 aliphatic carbocycles. The predicted octanol–water partition coefficient (Wildman–Crippen LogP) is 4.67. The largest absolute Gasteiger partial charge is 0.455 e. The molecule has 0 spiro atoms. The number of hydrogen-bond acceptors (Lipinski definition) is 2. The quantitative estimate of drug-likeness (QED) is 0.808. The summed E-state index contributed by atoms with van der Waals surface area (Å²) in [7, 11) is 0. The van der Waals surface area contributed by atoms with Crippen molar-refractivity contribution in [3.05, 3.63) is 57.3 Å². The lowest BCUT2D eigenvalue weighted by molar-refractivity contribution is 0.479. The molecular formula is C13H8BrClFNOS. The zero-order valence-corrected chi connectivity index (χ0v) is 12.7. The fourth-order valence-corrected chi connectivity index (χ4v) is 2.61. The third-order valence-corrected chi connectivity index (χ3v) is 3.50. The Morgan fingerprint density at radius 3 is 2.63 bits per heavy atom. The summed E-state index contributed by atoms with van der Waals surface area (Å²) in [6.07, 6.45) is 0. The van der Waals surface area contributed by atoms with Crippen LogP contribution < -0.4 is 10.5 Å². The molecule has 2 nitrogen and oxygen atoms in total. The molecule has 0 unspecified atom stereocenters. The summed E-state index contributed by atoms with van der Waals surface area (Å²) in [5.74, 6) is 0.357.